The van der Waals surface area contributed by atoms with E-state index in [0.717, 1.165) is 18.4 Å². The highest BCUT2D eigenvalue weighted by molar-refractivity contribution is 5.41. The lowest BCUT2D eigenvalue weighted by Crippen LogP contribution is -1.85. The maximum atomic E-state index is 8.39. The summed E-state index contributed by atoms with van der Waals surface area (Å²) in [6.07, 6.45) is 10.2. The summed E-state index contributed by atoms with van der Waals surface area (Å²) < 4.78 is 0. The zero-order chi connectivity index (χ0) is 8.10. The van der Waals surface area contributed by atoms with Gasteiger partial charge in [0.05, 0.1) is 6.07 Å². The molecule has 0 heterocycles. The Morgan fingerprint density at radius 3 is 3.00 bits per heavy atom. The Balaban J connectivity index is 2.76. The number of hydrogen-bond acceptors (Lipinski definition) is 1. The molecule has 11 heavy (non-hydrogen) atoms. The summed E-state index contributed by atoms with van der Waals surface area (Å²) in [6, 6.07) is 2.03. The number of rotatable bonds is 1. The van der Waals surface area contributed by atoms with Crippen LogP contribution in [0.2, 0.25) is 0 Å². The van der Waals surface area contributed by atoms with Crippen LogP contribution in [0.15, 0.2) is 35.5 Å². The lowest BCUT2D eigenvalue weighted by atomic mass is 10.0. The molecule has 56 valence electrons. The van der Waals surface area contributed by atoms with Gasteiger partial charge < -0.3 is 0 Å². The molecule has 0 saturated heterocycles. The normalized spacial score (nSPS) is 17.5. The van der Waals surface area contributed by atoms with Gasteiger partial charge in [-0.1, -0.05) is 18.2 Å². The first-order chi connectivity index (χ1) is 5.34. The van der Waals surface area contributed by atoms with Gasteiger partial charge in [0, 0.05) is 6.08 Å². The summed E-state index contributed by atoms with van der Waals surface area (Å²) in [5, 5.41) is 8.39. The molecule has 0 N–H and O–H groups in total. The predicted octanol–water partition coefficient (Wildman–Crippen LogP) is 2.73. The van der Waals surface area contributed by atoms with E-state index in [4.69, 9.17) is 5.26 Å². The summed E-state index contributed by atoms with van der Waals surface area (Å²) in [5.41, 5.74) is 2.25. The maximum Gasteiger partial charge on any atom is 0.0915 e. The molecule has 0 atom stereocenters. The van der Waals surface area contributed by atoms with Crippen molar-refractivity contribution in [1.29, 1.82) is 5.26 Å². The predicted molar refractivity (Wildman–Crippen MR) is 45.8 cm³/mol. The second-order valence-electron chi connectivity index (χ2n) is 2.60. The molecular formula is C10H11N. The van der Waals surface area contributed by atoms with E-state index in [-0.39, 0.29) is 0 Å². The molecule has 0 radical (unpaired) electrons. The van der Waals surface area contributed by atoms with E-state index in [1.54, 1.807) is 6.08 Å². The minimum Gasteiger partial charge on any atom is -0.193 e. The molecule has 0 amide bonds. The molecule has 1 aliphatic carbocycles. The third kappa shape index (κ3) is 2.09. The third-order valence-electron chi connectivity index (χ3n) is 1.73. The lowest BCUT2D eigenvalue weighted by Gasteiger charge is -2.04. The van der Waals surface area contributed by atoms with Crippen LogP contribution in [0.3, 0.4) is 0 Å². The second-order valence-corrected chi connectivity index (χ2v) is 2.60. The Kier molecular flexibility index (Phi) is 2.68. The molecule has 0 saturated carbocycles. The van der Waals surface area contributed by atoms with Crippen molar-refractivity contribution in [3.8, 4) is 6.07 Å². The fourth-order valence-electron chi connectivity index (χ4n) is 1.09. The van der Waals surface area contributed by atoms with Crippen LogP contribution in [0, 0.1) is 11.3 Å². The molecule has 1 rings (SSSR count). The molecule has 0 spiro atoms. The van der Waals surface area contributed by atoms with Gasteiger partial charge in [-0.15, -0.1) is 0 Å². The van der Waals surface area contributed by atoms with Gasteiger partial charge in [0.15, 0.2) is 0 Å². The molecule has 1 heteroatoms. The summed E-state index contributed by atoms with van der Waals surface area (Å²) in [5.74, 6) is 0. The fraction of sp³-hybridized carbons (Fsp3) is 0.300. The Morgan fingerprint density at radius 2 is 2.45 bits per heavy atom. The minimum absolute atomic E-state index is 1.06. The van der Waals surface area contributed by atoms with Crippen molar-refractivity contribution < 1.29 is 0 Å². The quantitative estimate of drug-likeness (QED) is 0.520. The number of allylic oxidation sites excluding steroid dienone is 6. The molecule has 1 aliphatic rings. The molecule has 0 aromatic carbocycles. The minimum atomic E-state index is 1.06. The lowest BCUT2D eigenvalue weighted by molar-refractivity contribution is 1.02. The smallest absolute Gasteiger partial charge is 0.0915 e. The average Bonchev–Trinajstić information content (AvgIpc) is 2.07. The van der Waals surface area contributed by atoms with E-state index in [0.29, 0.717) is 0 Å². The van der Waals surface area contributed by atoms with Gasteiger partial charge >= 0.3 is 0 Å². The van der Waals surface area contributed by atoms with E-state index in [1.165, 1.54) is 5.57 Å². The van der Waals surface area contributed by atoms with E-state index in [1.807, 2.05) is 13.0 Å². The van der Waals surface area contributed by atoms with Gasteiger partial charge in [-0.25, -0.2) is 0 Å². The maximum absolute atomic E-state index is 8.39. The molecule has 0 aromatic rings. The van der Waals surface area contributed by atoms with Crippen LogP contribution in [-0.2, 0) is 0 Å². The van der Waals surface area contributed by atoms with Crippen molar-refractivity contribution in [3.63, 3.8) is 0 Å². The monoisotopic (exact) mass is 145 g/mol. The van der Waals surface area contributed by atoms with E-state index < -0.39 is 0 Å². The second kappa shape index (κ2) is 3.78. The standard InChI is InChI=1S/C10H11N/c1-9(7-8-11)10-5-3-2-4-6-10/h3,5-7H,2,4H2,1H3. The molecule has 0 aromatic heterocycles. The van der Waals surface area contributed by atoms with Crippen LogP contribution in [0.5, 0.6) is 0 Å². The molecule has 0 bridgehead atoms. The summed E-state index contributed by atoms with van der Waals surface area (Å²) in [4.78, 5) is 0. The first-order valence-corrected chi connectivity index (χ1v) is 3.78. The summed E-state index contributed by atoms with van der Waals surface area (Å²) >= 11 is 0. The van der Waals surface area contributed by atoms with Crippen molar-refractivity contribution >= 4 is 0 Å². The molecule has 1 nitrogen and oxygen atoms in total. The van der Waals surface area contributed by atoms with Crippen LogP contribution >= 0.6 is 0 Å². The van der Waals surface area contributed by atoms with Gasteiger partial charge in [-0.2, -0.15) is 5.26 Å². The number of nitriles is 1. The number of nitrogens with zero attached hydrogens (tertiary/aromatic N) is 1. The van der Waals surface area contributed by atoms with Crippen molar-refractivity contribution in [3.05, 3.63) is 35.5 Å². The van der Waals surface area contributed by atoms with Gasteiger partial charge in [0.25, 0.3) is 0 Å². The summed E-state index contributed by atoms with van der Waals surface area (Å²) in [6.45, 7) is 1.96. The van der Waals surface area contributed by atoms with Gasteiger partial charge in [-0.3, -0.25) is 0 Å². The highest BCUT2D eigenvalue weighted by atomic mass is 14.2. The molecule has 0 aliphatic heterocycles. The van der Waals surface area contributed by atoms with Crippen molar-refractivity contribution in [2.45, 2.75) is 19.8 Å². The third-order valence-corrected chi connectivity index (χ3v) is 1.73. The van der Waals surface area contributed by atoms with Crippen LogP contribution in [-0.4, -0.2) is 0 Å². The van der Waals surface area contributed by atoms with Crippen molar-refractivity contribution in [1.82, 2.24) is 0 Å². The zero-order valence-corrected chi connectivity index (χ0v) is 6.67. The number of hydrogen-bond donors (Lipinski definition) is 0. The Bertz CT molecular complexity index is 261. The largest absolute Gasteiger partial charge is 0.193 e. The highest BCUT2D eigenvalue weighted by Gasteiger charge is 1.97. The van der Waals surface area contributed by atoms with Crippen molar-refractivity contribution in [2.24, 2.45) is 0 Å². The highest BCUT2D eigenvalue weighted by Crippen LogP contribution is 2.16. The van der Waals surface area contributed by atoms with Crippen LogP contribution < -0.4 is 0 Å². The Hall–Kier alpha value is -1.29. The molecule has 0 unspecified atom stereocenters. The van der Waals surface area contributed by atoms with Crippen molar-refractivity contribution in [2.75, 3.05) is 0 Å². The SMILES string of the molecule is CC(=CC#N)C1=CCCC=C1. The van der Waals surface area contributed by atoms with E-state index in [9.17, 15) is 0 Å². The molecular weight excluding hydrogens is 134 g/mol. The van der Waals surface area contributed by atoms with Gasteiger partial charge in [-0.05, 0) is 30.9 Å². The first kappa shape index (κ1) is 7.81. The van der Waals surface area contributed by atoms with E-state index in [2.05, 4.69) is 18.2 Å². The average molecular weight is 145 g/mol. The topological polar surface area (TPSA) is 23.8 Å². The van der Waals surface area contributed by atoms with Crippen LogP contribution in [0.25, 0.3) is 0 Å². The zero-order valence-electron chi connectivity index (χ0n) is 6.67. The Morgan fingerprint density at radius 1 is 1.64 bits per heavy atom. The van der Waals surface area contributed by atoms with Gasteiger partial charge in [0.2, 0.25) is 0 Å². The summed E-state index contributed by atoms with van der Waals surface area (Å²) in [7, 11) is 0. The first-order valence-electron chi connectivity index (χ1n) is 3.78. The Labute approximate surface area is 67.3 Å². The van der Waals surface area contributed by atoms with Gasteiger partial charge in [0.1, 0.15) is 0 Å². The molecule has 0 fully saturated rings. The van der Waals surface area contributed by atoms with Crippen LogP contribution in [0.1, 0.15) is 19.8 Å². The van der Waals surface area contributed by atoms with Crippen LogP contribution in [0.4, 0.5) is 0 Å². The van der Waals surface area contributed by atoms with E-state index >= 15 is 0 Å². The fourth-order valence-corrected chi connectivity index (χ4v) is 1.09.